The molecule has 1 saturated heterocycles. The molecule has 2 unspecified atom stereocenters. The molecule has 0 bridgehead atoms. The van der Waals surface area contributed by atoms with Crippen molar-refractivity contribution in [3.63, 3.8) is 0 Å². The molecule has 1 N–H and O–H groups in total. The lowest BCUT2D eigenvalue weighted by molar-refractivity contribution is 0.262. The Labute approximate surface area is 127 Å². The van der Waals surface area contributed by atoms with Crippen LogP contribution in [0.3, 0.4) is 0 Å². The lowest BCUT2D eigenvalue weighted by Gasteiger charge is -2.23. The molecule has 0 aromatic heterocycles. The number of halogens is 1. The molecule has 2 aliphatic rings. The van der Waals surface area contributed by atoms with Crippen LogP contribution in [0.5, 0.6) is 0 Å². The Kier molecular flexibility index (Phi) is 4.60. The molecule has 3 heteroatoms. The van der Waals surface area contributed by atoms with E-state index in [1.165, 1.54) is 37.9 Å². The first-order valence-electron chi connectivity index (χ1n) is 8.36. The monoisotopic (exact) mass is 290 g/mol. The maximum absolute atomic E-state index is 13.1. The van der Waals surface area contributed by atoms with Crippen LogP contribution in [0.25, 0.3) is 0 Å². The van der Waals surface area contributed by atoms with Crippen molar-refractivity contribution in [1.82, 2.24) is 10.2 Å². The van der Waals surface area contributed by atoms with Gasteiger partial charge in [-0.3, -0.25) is 0 Å². The zero-order chi connectivity index (χ0) is 14.8. The van der Waals surface area contributed by atoms with Crippen LogP contribution in [0, 0.1) is 17.7 Å². The van der Waals surface area contributed by atoms with Gasteiger partial charge in [0.2, 0.25) is 0 Å². The summed E-state index contributed by atoms with van der Waals surface area (Å²) in [5.41, 5.74) is 1.25. The Morgan fingerprint density at radius 1 is 1.19 bits per heavy atom. The third kappa shape index (κ3) is 3.83. The second kappa shape index (κ2) is 6.45. The van der Waals surface area contributed by atoms with Crippen LogP contribution in [0.2, 0.25) is 0 Å². The van der Waals surface area contributed by atoms with Gasteiger partial charge in [-0.25, -0.2) is 4.39 Å². The minimum Gasteiger partial charge on any atom is -0.309 e. The minimum atomic E-state index is -0.142. The van der Waals surface area contributed by atoms with E-state index in [1.54, 1.807) is 12.1 Å². The van der Waals surface area contributed by atoms with Gasteiger partial charge >= 0.3 is 0 Å². The summed E-state index contributed by atoms with van der Waals surface area (Å²) in [6, 6.07) is 8.14. The molecular weight excluding hydrogens is 263 g/mol. The smallest absolute Gasteiger partial charge is 0.123 e. The van der Waals surface area contributed by atoms with Gasteiger partial charge in [-0.1, -0.05) is 12.1 Å². The average Bonchev–Trinajstić information content (AvgIpc) is 3.18. The van der Waals surface area contributed by atoms with Crippen molar-refractivity contribution < 1.29 is 4.39 Å². The number of nitrogens with zero attached hydrogens (tertiary/aromatic N) is 1. The van der Waals surface area contributed by atoms with Crippen LogP contribution in [-0.4, -0.2) is 30.6 Å². The summed E-state index contributed by atoms with van der Waals surface area (Å²) in [7, 11) is 0. The van der Waals surface area contributed by atoms with E-state index in [9.17, 15) is 4.39 Å². The lowest BCUT2D eigenvalue weighted by atomic mass is 10.0. The summed E-state index contributed by atoms with van der Waals surface area (Å²) < 4.78 is 13.1. The van der Waals surface area contributed by atoms with Crippen molar-refractivity contribution >= 4 is 0 Å². The maximum Gasteiger partial charge on any atom is 0.123 e. The number of likely N-dealkylation sites (tertiary alicyclic amines) is 1. The molecule has 1 heterocycles. The van der Waals surface area contributed by atoms with Crippen molar-refractivity contribution in [2.45, 2.75) is 45.2 Å². The predicted octanol–water partition coefficient (Wildman–Crippen LogP) is 3.60. The molecule has 3 rings (SSSR count). The Morgan fingerprint density at radius 2 is 1.90 bits per heavy atom. The molecule has 1 aliphatic carbocycles. The van der Waals surface area contributed by atoms with Crippen molar-refractivity contribution in [3.8, 4) is 0 Å². The average molecular weight is 290 g/mol. The normalized spacial score (nSPS) is 24.7. The van der Waals surface area contributed by atoms with E-state index in [0.717, 1.165) is 18.4 Å². The molecule has 1 aliphatic heterocycles. The Morgan fingerprint density at radius 3 is 2.48 bits per heavy atom. The van der Waals surface area contributed by atoms with Gasteiger partial charge in [0.1, 0.15) is 5.82 Å². The third-order valence-corrected chi connectivity index (χ3v) is 5.00. The van der Waals surface area contributed by atoms with Gasteiger partial charge in [-0.15, -0.1) is 0 Å². The number of nitrogens with one attached hydrogen (secondary N) is 1. The molecule has 0 spiro atoms. The van der Waals surface area contributed by atoms with E-state index in [2.05, 4.69) is 24.1 Å². The van der Waals surface area contributed by atoms with Gasteiger partial charge in [-0.05, 0) is 75.7 Å². The van der Waals surface area contributed by atoms with Crippen LogP contribution in [-0.2, 0) is 0 Å². The van der Waals surface area contributed by atoms with Crippen LogP contribution >= 0.6 is 0 Å². The van der Waals surface area contributed by atoms with Crippen LogP contribution in [0.15, 0.2) is 24.3 Å². The lowest BCUT2D eigenvalue weighted by Crippen LogP contribution is -2.32. The van der Waals surface area contributed by atoms with Crippen LogP contribution < -0.4 is 5.32 Å². The van der Waals surface area contributed by atoms with E-state index in [0.29, 0.717) is 12.1 Å². The van der Waals surface area contributed by atoms with Crippen molar-refractivity contribution in [2.24, 2.45) is 11.8 Å². The predicted molar refractivity (Wildman–Crippen MR) is 84.7 cm³/mol. The van der Waals surface area contributed by atoms with E-state index in [4.69, 9.17) is 0 Å². The van der Waals surface area contributed by atoms with E-state index in [-0.39, 0.29) is 5.82 Å². The third-order valence-electron chi connectivity index (χ3n) is 5.00. The quantitative estimate of drug-likeness (QED) is 0.861. The number of rotatable bonds is 6. The fraction of sp³-hybridized carbons (Fsp3) is 0.667. The van der Waals surface area contributed by atoms with Crippen molar-refractivity contribution in [1.29, 1.82) is 0 Å². The Hall–Kier alpha value is -0.930. The number of hydrogen-bond donors (Lipinski definition) is 1. The molecule has 2 nitrogen and oxygen atoms in total. The fourth-order valence-corrected chi connectivity index (χ4v) is 3.45. The highest BCUT2D eigenvalue weighted by Gasteiger charge is 2.33. The van der Waals surface area contributed by atoms with E-state index >= 15 is 0 Å². The minimum absolute atomic E-state index is 0.142. The molecule has 1 aromatic rings. The molecule has 1 aromatic carbocycles. The Bertz CT molecular complexity index is 453. The number of hydrogen-bond acceptors (Lipinski definition) is 2. The van der Waals surface area contributed by atoms with Crippen LogP contribution in [0.1, 0.15) is 44.7 Å². The first-order valence-corrected chi connectivity index (χ1v) is 8.36. The van der Waals surface area contributed by atoms with Gasteiger partial charge in [-0.2, -0.15) is 0 Å². The molecular formula is C18H27FN2. The van der Waals surface area contributed by atoms with E-state index < -0.39 is 0 Å². The number of benzene rings is 1. The molecule has 116 valence electrons. The molecule has 21 heavy (non-hydrogen) atoms. The largest absolute Gasteiger partial charge is 0.309 e. The van der Waals surface area contributed by atoms with Crippen LogP contribution in [0.4, 0.5) is 4.39 Å². The highest BCUT2D eigenvalue weighted by Crippen LogP contribution is 2.41. The summed E-state index contributed by atoms with van der Waals surface area (Å²) in [5.74, 6) is 1.36. The van der Waals surface area contributed by atoms with Crippen molar-refractivity contribution in [2.75, 3.05) is 19.6 Å². The zero-order valence-corrected chi connectivity index (χ0v) is 13.2. The molecule has 2 fully saturated rings. The molecule has 2 atom stereocenters. The highest BCUT2D eigenvalue weighted by atomic mass is 19.1. The summed E-state index contributed by atoms with van der Waals surface area (Å²) in [6.07, 6.45) is 3.90. The Balaban J connectivity index is 1.56. The van der Waals surface area contributed by atoms with Gasteiger partial charge in [0.15, 0.2) is 0 Å². The van der Waals surface area contributed by atoms with Gasteiger partial charge in [0.25, 0.3) is 0 Å². The second-order valence-electron chi connectivity index (χ2n) is 7.02. The summed E-state index contributed by atoms with van der Waals surface area (Å²) in [6.45, 7) is 8.09. The zero-order valence-electron chi connectivity index (χ0n) is 13.2. The van der Waals surface area contributed by atoms with Gasteiger partial charge in [0.05, 0.1) is 0 Å². The first-order chi connectivity index (χ1) is 10.1. The van der Waals surface area contributed by atoms with E-state index in [1.807, 2.05) is 12.1 Å². The second-order valence-corrected chi connectivity index (χ2v) is 7.02. The first kappa shape index (κ1) is 15.0. The molecule has 1 saturated carbocycles. The SMILES string of the molecule is CC(C)N1CCC(CNC(c2ccc(F)cc2)C2CC2)C1. The summed E-state index contributed by atoms with van der Waals surface area (Å²) in [5, 5.41) is 3.77. The van der Waals surface area contributed by atoms with Gasteiger partial charge < -0.3 is 10.2 Å². The summed E-state index contributed by atoms with van der Waals surface area (Å²) >= 11 is 0. The summed E-state index contributed by atoms with van der Waals surface area (Å²) in [4.78, 5) is 2.57. The molecule has 0 radical (unpaired) electrons. The molecule has 0 amide bonds. The topological polar surface area (TPSA) is 15.3 Å². The highest BCUT2D eigenvalue weighted by molar-refractivity contribution is 5.22. The van der Waals surface area contributed by atoms with Crippen molar-refractivity contribution in [3.05, 3.63) is 35.6 Å². The standard InChI is InChI=1S/C18H27FN2/c1-13(2)21-10-9-14(12-21)11-20-18(15-3-4-15)16-5-7-17(19)8-6-16/h5-8,13-15,18,20H,3-4,9-12H2,1-2H3. The fourth-order valence-electron chi connectivity index (χ4n) is 3.45. The maximum atomic E-state index is 13.1. The van der Waals surface area contributed by atoms with Gasteiger partial charge in [0, 0.05) is 18.6 Å².